The number of carboxylic acid groups (broad SMARTS) is 1. The second-order valence-electron chi connectivity index (χ2n) is 3.20. The Morgan fingerprint density at radius 2 is 2.20 bits per heavy atom. The minimum absolute atomic E-state index is 0.380. The molecule has 1 aromatic carbocycles. The van der Waals surface area contributed by atoms with Gasteiger partial charge in [0.1, 0.15) is 0 Å². The van der Waals surface area contributed by atoms with Crippen LogP contribution in [0, 0.1) is 6.92 Å². The van der Waals surface area contributed by atoms with Crippen LogP contribution in [0.1, 0.15) is 16.1 Å². The lowest BCUT2D eigenvalue weighted by atomic mass is 10.1. The normalized spacial score (nSPS) is 10.5. The van der Waals surface area contributed by atoms with Gasteiger partial charge in [-0.25, -0.2) is 4.79 Å². The molecule has 76 valence electrons. The zero-order valence-electron chi connectivity index (χ0n) is 7.94. The molecule has 15 heavy (non-hydrogen) atoms. The first-order valence-electron chi connectivity index (χ1n) is 4.32. The third-order valence-electron chi connectivity index (χ3n) is 2.21. The summed E-state index contributed by atoms with van der Waals surface area (Å²) in [7, 11) is 0. The standard InChI is InChI=1S/C10H8N2O3/c1-5-3-2-4-6-7(5)9(13)8(10(14)15)12-11-6/h2-4H,1H3,(H,11,13)(H,14,15). The highest BCUT2D eigenvalue weighted by Gasteiger charge is 2.14. The first-order valence-corrected chi connectivity index (χ1v) is 4.32. The predicted octanol–water partition coefficient (Wildman–Crippen LogP) is 0.930. The van der Waals surface area contributed by atoms with E-state index in [0.29, 0.717) is 10.9 Å². The smallest absolute Gasteiger partial charge is 0.360 e. The molecule has 1 aromatic heterocycles. The van der Waals surface area contributed by atoms with E-state index < -0.39 is 17.1 Å². The van der Waals surface area contributed by atoms with Crippen molar-refractivity contribution in [3.05, 3.63) is 39.7 Å². The van der Waals surface area contributed by atoms with E-state index in [9.17, 15) is 9.59 Å². The van der Waals surface area contributed by atoms with Gasteiger partial charge in [0.2, 0.25) is 11.1 Å². The molecule has 0 atom stereocenters. The van der Waals surface area contributed by atoms with E-state index in [0.717, 1.165) is 5.56 Å². The zero-order valence-corrected chi connectivity index (χ0v) is 7.94. The Bertz CT molecular complexity index is 601. The molecule has 5 heteroatoms. The van der Waals surface area contributed by atoms with Crippen molar-refractivity contribution in [1.82, 2.24) is 10.2 Å². The maximum atomic E-state index is 11.7. The quantitative estimate of drug-likeness (QED) is 0.723. The maximum Gasteiger partial charge on any atom is 0.360 e. The first kappa shape index (κ1) is 9.39. The van der Waals surface area contributed by atoms with Crippen molar-refractivity contribution in [3.8, 4) is 0 Å². The number of rotatable bonds is 1. The molecule has 0 aliphatic rings. The van der Waals surface area contributed by atoms with Crippen molar-refractivity contribution >= 4 is 16.9 Å². The largest absolute Gasteiger partial charge is 0.476 e. The molecule has 0 saturated heterocycles. The Balaban J connectivity index is 2.96. The number of fused-ring (bicyclic) bond motifs is 1. The SMILES string of the molecule is Cc1cccc2[nH]nc(C(=O)O)c(=O)c12. The molecule has 5 nitrogen and oxygen atoms in total. The van der Waals surface area contributed by atoms with Crippen LogP contribution in [0.15, 0.2) is 23.0 Å². The highest BCUT2D eigenvalue weighted by molar-refractivity contribution is 5.91. The minimum atomic E-state index is -1.32. The summed E-state index contributed by atoms with van der Waals surface area (Å²) in [6, 6.07) is 5.21. The van der Waals surface area contributed by atoms with Crippen molar-refractivity contribution in [2.45, 2.75) is 6.92 Å². The van der Waals surface area contributed by atoms with Crippen molar-refractivity contribution in [1.29, 1.82) is 0 Å². The predicted molar refractivity (Wildman–Crippen MR) is 54.1 cm³/mol. The second kappa shape index (κ2) is 3.20. The van der Waals surface area contributed by atoms with E-state index in [1.165, 1.54) is 0 Å². The van der Waals surface area contributed by atoms with E-state index in [1.807, 2.05) is 0 Å². The van der Waals surface area contributed by atoms with E-state index in [4.69, 9.17) is 5.11 Å². The summed E-state index contributed by atoms with van der Waals surface area (Å²) >= 11 is 0. The maximum absolute atomic E-state index is 11.7. The average Bonchev–Trinajstić information content (AvgIpc) is 2.17. The van der Waals surface area contributed by atoms with Crippen LogP contribution in [0.4, 0.5) is 0 Å². The third kappa shape index (κ3) is 1.38. The van der Waals surface area contributed by atoms with Crippen LogP contribution in [0.25, 0.3) is 10.9 Å². The number of H-pyrrole nitrogens is 1. The van der Waals surface area contributed by atoms with Crippen LogP contribution < -0.4 is 5.43 Å². The monoisotopic (exact) mass is 204 g/mol. The highest BCUT2D eigenvalue weighted by Crippen LogP contribution is 2.11. The van der Waals surface area contributed by atoms with Crippen LogP contribution in [0.5, 0.6) is 0 Å². The summed E-state index contributed by atoms with van der Waals surface area (Å²) in [6.45, 7) is 1.75. The molecule has 0 saturated carbocycles. The molecule has 0 spiro atoms. The zero-order chi connectivity index (χ0) is 11.0. The van der Waals surface area contributed by atoms with Crippen LogP contribution in [0.3, 0.4) is 0 Å². The fourth-order valence-corrected chi connectivity index (χ4v) is 1.49. The van der Waals surface area contributed by atoms with Gasteiger partial charge in [0.25, 0.3) is 0 Å². The van der Waals surface area contributed by atoms with Crippen LogP contribution in [-0.4, -0.2) is 21.3 Å². The lowest BCUT2D eigenvalue weighted by molar-refractivity contribution is 0.0688. The van der Waals surface area contributed by atoms with Crippen molar-refractivity contribution in [3.63, 3.8) is 0 Å². The fourth-order valence-electron chi connectivity index (χ4n) is 1.49. The van der Waals surface area contributed by atoms with E-state index in [-0.39, 0.29) is 0 Å². The van der Waals surface area contributed by atoms with Crippen LogP contribution in [0.2, 0.25) is 0 Å². The Kier molecular flexibility index (Phi) is 2.00. The number of hydrogen-bond acceptors (Lipinski definition) is 3. The summed E-state index contributed by atoms with van der Waals surface area (Å²) in [5.41, 5.74) is 0.259. The van der Waals surface area contributed by atoms with E-state index in [2.05, 4.69) is 10.2 Å². The van der Waals surface area contributed by atoms with Gasteiger partial charge >= 0.3 is 5.97 Å². The molecule has 2 rings (SSSR count). The molecule has 0 aliphatic carbocycles. The fraction of sp³-hybridized carbons (Fsp3) is 0.100. The van der Waals surface area contributed by atoms with Crippen molar-refractivity contribution in [2.75, 3.05) is 0 Å². The molecule has 0 amide bonds. The molecule has 0 unspecified atom stereocenters. The lowest BCUT2D eigenvalue weighted by Crippen LogP contribution is -2.19. The van der Waals surface area contributed by atoms with Gasteiger partial charge in [-0.1, -0.05) is 12.1 Å². The molecule has 0 aliphatic heterocycles. The molecule has 2 N–H and O–H groups in total. The Morgan fingerprint density at radius 3 is 2.87 bits per heavy atom. The molecule has 2 aromatic rings. The number of nitrogens with zero attached hydrogens (tertiary/aromatic N) is 1. The lowest BCUT2D eigenvalue weighted by Gasteiger charge is -2.01. The topological polar surface area (TPSA) is 83.1 Å². The van der Waals surface area contributed by atoms with Gasteiger partial charge in [0, 0.05) is 0 Å². The number of carboxylic acids is 1. The van der Waals surface area contributed by atoms with Gasteiger partial charge < -0.3 is 5.11 Å². The van der Waals surface area contributed by atoms with Crippen LogP contribution >= 0.6 is 0 Å². The number of aromatic carboxylic acids is 1. The summed E-state index contributed by atoms with van der Waals surface area (Å²) in [5.74, 6) is -1.32. The molecule has 0 fully saturated rings. The van der Waals surface area contributed by atoms with Crippen molar-refractivity contribution in [2.24, 2.45) is 0 Å². The molecule has 1 heterocycles. The Hall–Kier alpha value is -2.17. The van der Waals surface area contributed by atoms with E-state index >= 15 is 0 Å². The number of benzene rings is 1. The number of aromatic nitrogens is 2. The highest BCUT2D eigenvalue weighted by atomic mass is 16.4. The summed E-state index contributed by atoms with van der Waals surface area (Å²) < 4.78 is 0. The minimum Gasteiger partial charge on any atom is -0.476 e. The summed E-state index contributed by atoms with van der Waals surface area (Å²) in [5, 5.41) is 15.2. The van der Waals surface area contributed by atoms with E-state index in [1.54, 1.807) is 25.1 Å². The molecule has 0 bridgehead atoms. The summed E-state index contributed by atoms with van der Waals surface area (Å²) in [4.78, 5) is 22.4. The number of aryl methyl sites for hydroxylation is 1. The molecule has 0 radical (unpaired) electrons. The van der Waals surface area contributed by atoms with Gasteiger partial charge in [-0.05, 0) is 18.6 Å². The summed E-state index contributed by atoms with van der Waals surface area (Å²) in [6.07, 6.45) is 0. The number of nitrogens with one attached hydrogen (secondary N) is 1. The van der Waals surface area contributed by atoms with Gasteiger partial charge in [0.05, 0.1) is 10.9 Å². The van der Waals surface area contributed by atoms with Gasteiger partial charge in [-0.15, -0.1) is 0 Å². The van der Waals surface area contributed by atoms with Crippen LogP contribution in [-0.2, 0) is 0 Å². The second-order valence-corrected chi connectivity index (χ2v) is 3.20. The van der Waals surface area contributed by atoms with Crippen molar-refractivity contribution < 1.29 is 9.90 Å². The average molecular weight is 204 g/mol. The third-order valence-corrected chi connectivity index (χ3v) is 2.21. The molecular weight excluding hydrogens is 196 g/mol. The van der Waals surface area contributed by atoms with Gasteiger partial charge in [-0.3, -0.25) is 9.89 Å². The number of hydrogen-bond donors (Lipinski definition) is 2. The Morgan fingerprint density at radius 1 is 1.47 bits per heavy atom. The Labute approximate surface area is 84.4 Å². The first-order chi connectivity index (χ1) is 7.11. The van der Waals surface area contributed by atoms with Gasteiger partial charge in [-0.2, -0.15) is 5.10 Å². The number of carbonyl (C=O) groups is 1. The molecular formula is C10H8N2O3. The number of aromatic amines is 1. The van der Waals surface area contributed by atoms with Gasteiger partial charge in [0.15, 0.2) is 0 Å².